The quantitative estimate of drug-likeness (QED) is 0.281. The smallest absolute Gasteiger partial charge is 0.242 e. The van der Waals surface area contributed by atoms with E-state index in [0.717, 1.165) is 72.5 Å². The molecule has 1 aliphatic carbocycles. The number of hydrogen-bond acceptors (Lipinski definition) is 3. The summed E-state index contributed by atoms with van der Waals surface area (Å²) in [4.78, 5) is 33.8. The van der Waals surface area contributed by atoms with Gasteiger partial charge in [0.15, 0.2) is 0 Å². The predicted octanol–water partition coefficient (Wildman–Crippen LogP) is 6.36. The van der Waals surface area contributed by atoms with Gasteiger partial charge in [-0.2, -0.15) is 0 Å². The molecule has 0 radical (unpaired) electrons. The Morgan fingerprint density at radius 3 is 2.34 bits per heavy atom. The summed E-state index contributed by atoms with van der Waals surface area (Å²) in [5, 5.41) is 1.87. The Labute approximate surface area is 247 Å². The van der Waals surface area contributed by atoms with Gasteiger partial charge in [0.25, 0.3) is 0 Å². The highest BCUT2D eigenvalue weighted by atomic mass is 35.5. The van der Waals surface area contributed by atoms with Crippen molar-refractivity contribution in [3.8, 4) is 0 Å². The van der Waals surface area contributed by atoms with Crippen LogP contribution in [0.5, 0.6) is 0 Å². The molecule has 0 spiro atoms. The van der Waals surface area contributed by atoms with Crippen LogP contribution >= 0.6 is 11.6 Å². The monoisotopic (exact) mass is 568 g/mol. The second-order valence-electron chi connectivity index (χ2n) is 11.3. The van der Waals surface area contributed by atoms with Crippen LogP contribution in [0.15, 0.2) is 85.1 Å². The predicted molar refractivity (Wildman–Crippen MR) is 165 cm³/mol. The van der Waals surface area contributed by atoms with E-state index in [1.165, 1.54) is 5.56 Å². The van der Waals surface area contributed by atoms with Crippen LogP contribution in [0.4, 0.5) is 5.69 Å². The van der Waals surface area contributed by atoms with Gasteiger partial charge in [-0.05, 0) is 72.5 Å². The number of para-hydroxylation sites is 2. The van der Waals surface area contributed by atoms with Crippen LogP contribution in [0.25, 0.3) is 10.9 Å². The van der Waals surface area contributed by atoms with Crippen molar-refractivity contribution in [3.05, 3.63) is 101 Å². The molecule has 0 atom stereocenters. The Balaban J connectivity index is 1.27. The molecule has 0 N–H and O–H groups in total. The van der Waals surface area contributed by atoms with Gasteiger partial charge in [0.1, 0.15) is 6.54 Å². The minimum absolute atomic E-state index is 0.0857. The lowest BCUT2D eigenvalue weighted by Crippen LogP contribution is -2.40. The summed E-state index contributed by atoms with van der Waals surface area (Å²) >= 11 is 6.13. The van der Waals surface area contributed by atoms with Gasteiger partial charge in [0.2, 0.25) is 11.8 Å². The Hall–Kier alpha value is -3.61. The number of nitrogens with zero attached hydrogens (tertiary/aromatic N) is 4. The van der Waals surface area contributed by atoms with Crippen molar-refractivity contribution >= 4 is 40.0 Å². The van der Waals surface area contributed by atoms with Gasteiger partial charge in [0, 0.05) is 67.6 Å². The van der Waals surface area contributed by atoms with Gasteiger partial charge in [-0.1, -0.05) is 60.1 Å². The highest BCUT2D eigenvalue weighted by Crippen LogP contribution is 2.34. The third-order valence-corrected chi connectivity index (χ3v) is 8.50. The van der Waals surface area contributed by atoms with Crippen molar-refractivity contribution in [2.24, 2.45) is 5.92 Å². The Kier molecular flexibility index (Phi) is 8.40. The fraction of sp³-hybridized carbons (Fsp3) is 0.353. The molecule has 6 rings (SSSR count). The largest absolute Gasteiger partial charge is 0.338 e. The third-order valence-electron chi connectivity index (χ3n) is 8.25. The van der Waals surface area contributed by atoms with E-state index in [0.29, 0.717) is 19.6 Å². The molecule has 41 heavy (non-hydrogen) atoms. The lowest BCUT2D eigenvalue weighted by molar-refractivity contribution is -0.132. The van der Waals surface area contributed by atoms with Crippen LogP contribution in [-0.4, -0.2) is 52.4 Å². The van der Waals surface area contributed by atoms with E-state index >= 15 is 0 Å². The molecule has 212 valence electrons. The first-order chi connectivity index (χ1) is 20.0. The number of halogens is 1. The van der Waals surface area contributed by atoms with Crippen LogP contribution in [0.2, 0.25) is 5.02 Å². The average Bonchev–Trinajstić information content (AvgIpc) is 3.76. The van der Waals surface area contributed by atoms with E-state index < -0.39 is 0 Å². The minimum atomic E-state index is 0.0857. The fourth-order valence-electron chi connectivity index (χ4n) is 5.89. The number of rotatable bonds is 5. The molecule has 0 saturated heterocycles. The number of benzene rings is 3. The summed E-state index contributed by atoms with van der Waals surface area (Å²) in [6, 6.07) is 26.4. The Morgan fingerprint density at radius 2 is 1.54 bits per heavy atom. The van der Waals surface area contributed by atoms with Crippen molar-refractivity contribution in [2.45, 2.75) is 45.3 Å². The SMILES string of the molecule is O=C(Cn1ccc2ccccc21)N1CCCN(Cc2ccc(Cl)cc2)CCCN(C(=O)C2CC2)c2ccccc2C1. The molecule has 0 bridgehead atoms. The van der Waals surface area contributed by atoms with Gasteiger partial charge in [0.05, 0.1) is 0 Å². The molecule has 0 unspecified atom stereocenters. The zero-order valence-corrected chi connectivity index (χ0v) is 24.2. The molecular formula is C34H37ClN4O2. The van der Waals surface area contributed by atoms with Crippen LogP contribution in [0.3, 0.4) is 0 Å². The number of anilines is 1. The molecule has 2 aliphatic rings. The first kappa shape index (κ1) is 27.6. The third kappa shape index (κ3) is 6.66. The van der Waals surface area contributed by atoms with Gasteiger partial charge in [-0.15, -0.1) is 0 Å². The number of aromatic nitrogens is 1. The number of hydrogen-bond donors (Lipinski definition) is 0. The second kappa shape index (κ2) is 12.5. The molecule has 1 aromatic heterocycles. The number of amides is 2. The van der Waals surface area contributed by atoms with E-state index in [4.69, 9.17) is 11.6 Å². The topological polar surface area (TPSA) is 48.8 Å². The van der Waals surface area contributed by atoms with Crippen molar-refractivity contribution < 1.29 is 9.59 Å². The zero-order valence-electron chi connectivity index (χ0n) is 23.4. The van der Waals surface area contributed by atoms with Crippen LogP contribution in [0, 0.1) is 5.92 Å². The molecule has 1 fully saturated rings. The molecular weight excluding hydrogens is 532 g/mol. The highest BCUT2D eigenvalue weighted by Gasteiger charge is 2.35. The van der Waals surface area contributed by atoms with E-state index in [9.17, 15) is 9.59 Å². The van der Waals surface area contributed by atoms with Gasteiger partial charge in [-0.25, -0.2) is 0 Å². The number of carbonyl (C=O) groups is 2. The fourth-order valence-corrected chi connectivity index (χ4v) is 6.01. The molecule has 3 aromatic carbocycles. The molecule has 4 aromatic rings. The standard InChI is InChI=1S/C34H37ClN4O2/c35-30-15-11-26(12-16-30)23-36-18-5-20-38(33(40)25-37-22-17-27-7-1-3-9-31(27)37)24-29-8-2-4-10-32(29)39(21-6-19-36)34(41)28-13-14-28/h1-4,7-12,15-17,22,28H,5-6,13-14,18-21,23-25H2. The lowest BCUT2D eigenvalue weighted by atomic mass is 10.1. The summed E-state index contributed by atoms with van der Waals surface area (Å²) in [6.45, 7) is 4.66. The first-order valence-electron chi connectivity index (χ1n) is 14.7. The summed E-state index contributed by atoms with van der Waals surface area (Å²) < 4.78 is 2.04. The maximum atomic E-state index is 13.9. The van der Waals surface area contributed by atoms with Crippen LogP contribution in [-0.2, 0) is 29.2 Å². The molecule has 1 saturated carbocycles. The minimum Gasteiger partial charge on any atom is -0.338 e. The summed E-state index contributed by atoms with van der Waals surface area (Å²) in [6.07, 6.45) is 5.70. The van der Waals surface area contributed by atoms with Crippen LogP contribution < -0.4 is 4.90 Å². The maximum Gasteiger partial charge on any atom is 0.242 e. The van der Waals surface area contributed by atoms with Crippen molar-refractivity contribution in [1.82, 2.24) is 14.4 Å². The highest BCUT2D eigenvalue weighted by molar-refractivity contribution is 6.30. The van der Waals surface area contributed by atoms with Gasteiger partial charge < -0.3 is 14.4 Å². The van der Waals surface area contributed by atoms with Crippen molar-refractivity contribution in [3.63, 3.8) is 0 Å². The zero-order chi connectivity index (χ0) is 28.2. The maximum absolute atomic E-state index is 13.9. The lowest BCUT2D eigenvalue weighted by Gasteiger charge is -2.32. The molecule has 7 heteroatoms. The van der Waals surface area contributed by atoms with Crippen molar-refractivity contribution in [2.75, 3.05) is 31.1 Å². The van der Waals surface area contributed by atoms with Crippen molar-refractivity contribution in [1.29, 1.82) is 0 Å². The normalized spacial score (nSPS) is 17.1. The van der Waals surface area contributed by atoms with Crippen LogP contribution in [0.1, 0.15) is 36.8 Å². The first-order valence-corrected chi connectivity index (χ1v) is 15.1. The number of fused-ring (bicyclic) bond motifs is 2. The van der Waals surface area contributed by atoms with E-state index in [-0.39, 0.29) is 24.3 Å². The average molecular weight is 569 g/mol. The molecule has 1 aliphatic heterocycles. The second-order valence-corrected chi connectivity index (χ2v) is 11.8. The molecule has 6 nitrogen and oxygen atoms in total. The van der Waals surface area contributed by atoms with E-state index in [1.807, 2.05) is 57.0 Å². The summed E-state index contributed by atoms with van der Waals surface area (Å²) in [5.41, 5.74) is 4.25. The van der Waals surface area contributed by atoms with Gasteiger partial charge in [-0.3, -0.25) is 14.5 Å². The number of carbonyl (C=O) groups excluding carboxylic acids is 2. The van der Waals surface area contributed by atoms with E-state index in [1.54, 1.807) is 0 Å². The Bertz CT molecular complexity index is 1510. The van der Waals surface area contributed by atoms with E-state index in [2.05, 4.69) is 47.4 Å². The summed E-state index contributed by atoms with van der Waals surface area (Å²) in [5.74, 6) is 0.430. The molecule has 2 heterocycles. The molecule has 2 amide bonds. The van der Waals surface area contributed by atoms with Gasteiger partial charge >= 0.3 is 0 Å². The Morgan fingerprint density at radius 1 is 0.805 bits per heavy atom. The summed E-state index contributed by atoms with van der Waals surface area (Å²) in [7, 11) is 0.